The van der Waals surface area contributed by atoms with Crippen LogP contribution in [0.3, 0.4) is 0 Å². The van der Waals surface area contributed by atoms with E-state index in [1.807, 2.05) is 146 Å². The zero-order valence-corrected chi connectivity index (χ0v) is 77.6. The second-order valence-electron chi connectivity index (χ2n) is 35.9. The van der Waals surface area contributed by atoms with Crippen LogP contribution < -0.4 is 0 Å². The van der Waals surface area contributed by atoms with Crippen LogP contribution in [-0.4, -0.2) is 59.8 Å². The molecule has 0 saturated heterocycles. The van der Waals surface area contributed by atoms with Gasteiger partial charge in [0.25, 0.3) is 0 Å². The van der Waals surface area contributed by atoms with Crippen molar-refractivity contribution in [3.8, 4) is 147 Å². The SMILES string of the molecule is c1ccc(-c2cc(-c3ccc(-c4cccc5c4nc(-c4cccc6ccccc46)c4c6ccccc6oc54)cc3)cc(-c3ccccn3)n2)nc1.c1ccc(-c2cc(-c3ccc4c(c3)nc(-c3cc5ccccc5c5ccccc35)c3c5ccccc5oc43)cc(-c3ccccn3)n2)nc1.c1ccc(-c2cc(-c3cccc4c3nc(-c3cccc5ccccc35)c3c5ccccc5oc43)cc(-c3ccccn3)n2)nc1. The summed E-state index contributed by atoms with van der Waals surface area (Å²) >= 11 is 0. The summed E-state index contributed by atoms with van der Waals surface area (Å²) < 4.78 is 20.0. The molecule has 15 heterocycles. The molecule has 15 heteroatoms. The van der Waals surface area contributed by atoms with Crippen molar-refractivity contribution < 1.29 is 13.3 Å². The zero-order chi connectivity index (χ0) is 95.8. The zero-order valence-electron chi connectivity index (χ0n) is 77.6. The van der Waals surface area contributed by atoms with Crippen LogP contribution in [0.5, 0.6) is 0 Å². The summed E-state index contributed by atoms with van der Waals surface area (Å²) in [7, 11) is 0. The van der Waals surface area contributed by atoms with Crippen LogP contribution in [0.2, 0.25) is 0 Å². The first-order chi connectivity index (χ1) is 71.9. The molecule has 14 aromatic carbocycles. The number of hydrogen-bond acceptors (Lipinski definition) is 15. The minimum atomic E-state index is 0.768. The molecule has 15 aromatic heterocycles. The van der Waals surface area contributed by atoms with E-state index in [1.165, 1.54) is 26.9 Å². The molecule has 676 valence electrons. The molecule has 0 aliphatic rings. The lowest BCUT2D eigenvalue weighted by Gasteiger charge is -2.14. The average Bonchev–Trinajstić information content (AvgIpc) is 1.65. The van der Waals surface area contributed by atoms with Gasteiger partial charge in [-0.25, -0.2) is 29.9 Å². The highest BCUT2D eigenvalue weighted by Gasteiger charge is 2.28. The molecule has 0 fully saturated rings. The van der Waals surface area contributed by atoms with Gasteiger partial charge in [-0.1, -0.05) is 279 Å². The van der Waals surface area contributed by atoms with Crippen molar-refractivity contribution in [2.24, 2.45) is 0 Å². The van der Waals surface area contributed by atoms with Crippen LogP contribution in [0.15, 0.2) is 487 Å². The molecule has 0 amide bonds. The van der Waals surface area contributed by atoms with Crippen molar-refractivity contribution in [1.29, 1.82) is 0 Å². The van der Waals surface area contributed by atoms with Gasteiger partial charge in [-0.3, -0.25) is 29.9 Å². The van der Waals surface area contributed by atoms with E-state index in [0.717, 1.165) is 261 Å². The molecule has 15 nitrogen and oxygen atoms in total. The molecule has 0 aliphatic carbocycles. The first-order valence-electron chi connectivity index (χ1n) is 48.1. The van der Waals surface area contributed by atoms with Crippen LogP contribution in [0.1, 0.15) is 0 Å². The highest BCUT2D eigenvalue weighted by molar-refractivity contribution is 6.26. The summed E-state index contributed by atoms with van der Waals surface area (Å²) in [4.78, 5) is 59.1. The van der Waals surface area contributed by atoms with E-state index in [0.29, 0.717) is 0 Å². The molecule has 0 atom stereocenters. The Hall–Kier alpha value is -19.9. The van der Waals surface area contributed by atoms with Gasteiger partial charge in [0.15, 0.2) is 0 Å². The number of rotatable bonds is 13. The number of benzene rings is 14. The first-order valence-corrected chi connectivity index (χ1v) is 48.1. The molecule has 145 heavy (non-hydrogen) atoms. The maximum absolute atomic E-state index is 6.66. The fraction of sp³-hybridized carbons (Fsp3) is 0. The van der Waals surface area contributed by atoms with Crippen LogP contribution >= 0.6 is 0 Å². The van der Waals surface area contributed by atoms with Gasteiger partial charge in [-0.15, -0.1) is 0 Å². The summed E-state index contributed by atoms with van der Waals surface area (Å²) in [6.45, 7) is 0. The predicted molar refractivity (Wildman–Crippen MR) is 588 cm³/mol. The van der Waals surface area contributed by atoms with Crippen LogP contribution in [-0.2, 0) is 0 Å². The molecule has 0 spiro atoms. The summed E-state index contributed by atoms with van der Waals surface area (Å²) in [5.74, 6) is 0. The topological polar surface area (TPSA) is 194 Å². The van der Waals surface area contributed by atoms with Crippen molar-refractivity contribution in [3.05, 3.63) is 474 Å². The van der Waals surface area contributed by atoms with Crippen LogP contribution in [0.25, 0.3) is 288 Å². The average molecular weight is 1860 g/mol. The van der Waals surface area contributed by atoms with Crippen molar-refractivity contribution in [2.75, 3.05) is 0 Å². The fourth-order valence-corrected chi connectivity index (χ4v) is 20.6. The minimum Gasteiger partial charge on any atom is -0.455 e. The Morgan fingerprint density at radius 3 is 0.876 bits per heavy atom. The lowest BCUT2D eigenvalue weighted by Crippen LogP contribution is -1.95. The van der Waals surface area contributed by atoms with Crippen molar-refractivity contribution in [1.82, 2.24) is 59.8 Å². The first kappa shape index (κ1) is 84.4. The third-order valence-electron chi connectivity index (χ3n) is 27.3. The van der Waals surface area contributed by atoms with E-state index in [9.17, 15) is 0 Å². The quantitative estimate of drug-likeness (QED) is 0.0989. The molecule has 0 N–H and O–H groups in total. The largest absolute Gasteiger partial charge is 0.455 e. The van der Waals surface area contributed by atoms with Crippen molar-refractivity contribution in [2.45, 2.75) is 0 Å². The summed E-state index contributed by atoms with van der Waals surface area (Å²) in [6.07, 6.45) is 10.8. The van der Waals surface area contributed by atoms with E-state index in [-0.39, 0.29) is 0 Å². The van der Waals surface area contributed by atoms with Gasteiger partial charge in [0.1, 0.15) is 33.5 Å². The Kier molecular flexibility index (Phi) is 20.9. The highest BCUT2D eigenvalue weighted by Crippen LogP contribution is 2.50. The molecule has 0 unspecified atom stereocenters. The highest BCUT2D eigenvalue weighted by atomic mass is 16.3. The lowest BCUT2D eigenvalue weighted by molar-refractivity contribution is 0.672. The van der Waals surface area contributed by atoms with E-state index in [4.69, 9.17) is 43.2 Å². The smallest absolute Gasteiger partial charge is 0.147 e. The van der Waals surface area contributed by atoms with Gasteiger partial charge in [0, 0.05) is 97.3 Å². The van der Waals surface area contributed by atoms with Crippen molar-refractivity contribution in [3.63, 3.8) is 0 Å². The van der Waals surface area contributed by atoms with Gasteiger partial charge in [0.2, 0.25) is 0 Å². The van der Waals surface area contributed by atoms with Crippen molar-refractivity contribution >= 4 is 142 Å². The van der Waals surface area contributed by atoms with Crippen LogP contribution in [0.4, 0.5) is 0 Å². The molecule has 29 aromatic rings. The molecule has 0 bridgehead atoms. The monoisotopic (exact) mass is 1850 g/mol. The van der Waals surface area contributed by atoms with Gasteiger partial charge >= 0.3 is 0 Å². The number of hydrogen-bond donors (Lipinski definition) is 0. The summed E-state index contributed by atoms with van der Waals surface area (Å²) in [5.41, 5.74) is 31.3. The van der Waals surface area contributed by atoms with E-state index in [2.05, 4.69) is 321 Å². The Labute approximate surface area is 829 Å². The predicted octanol–water partition coefficient (Wildman–Crippen LogP) is 33.2. The normalized spacial score (nSPS) is 11.6. The number of pyridine rings is 12. The van der Waals surface area contributed by atoms with Crippen LogP contribution in [0, 0.1) is 0 Å². The molecule has 0 saturated carbocycles. The summed E-state index contributed by atoms with van der Waals surface area (Å²) in [6, 6.07) is 150. The van der Waals surface area contributed by atoms with E-state index < -0.39 is 0 Å². The van der Waals surface area contributed by atoms with E-state index in [1.54, 1.807) is 37.2 Å². The molecular weight excluding hydrogens is 1780 g/mol. The second-order valence-corrected chi connectivity index (χ2v) is 35.9. The Balaban J connectivity index is 0.000000108. The number of aromatic nitrogens is 12. The minimum absolute atomic E-state index is 0.768. The standard InChI is InChI=1S/C46H28N4O.C44H26N4O.C40H24N4O/c1-2-13-33-30(11-1)12-9-16-35(33)45-43-36-14-3-4-20-42(36)51-46(43)37-17-10-15-34(44(37)50-45)31-23-21-29(22-24-31)32-27-40(38-18-5-7-25-47-38)49-41(28-32)39-19-6-8-26-48-39;1-2-12-30-28(11-1)23-35(32-14-4-3-13-31(30)32)43-42-34-15-5-6-18-41(34)49-44(42)33-20-19-27(24-38(33)48-43)29-25-39(36-16-7-9-21-45-36)47-40(26-29)37-17-8-10-22-46-37;1-2-13-27-25(11-1)12-9-16-29(27)39-37-30-14-3-4-20-36(30)45-40(37)31-17-10-15-28(38(31)44-39)26-23-34(32-18-5-7-21-41-32)43-35(24-26)33-19-6-8-22-42-33/h1-28H;1-26H;1-24H. The maximum atomic E-state index is 6.66. The molecule has 0 radical (unpaired) electrons. The Bertz CT molecular complexity index is 9970. The molecule has 29 rings (SSSR count). The van der Waals surface area contributed by atoms with Gasteiger partial charge < -0.3 is 13.3 Å². The third kappa shape index (κ3) is 15.3. The molecule has 0 aliphatic heterocycles. The molecular formula is C130H78N12O3. The maximum Gasteiger partial charge on any atom is 0.147 e. The summed E-state index contributed by atoms with van der Waals surface area (Å²) in [5, 5.41) is 18.6. The second kappa shape index (κ2) is 35.8. The third-order valence-corrected chi connectivity index (χ3v) is 27.3. The van der Waals surface area contributed by atoms with E-state index >= 15 is 0 Å². The number of fused-ring (bicyclic) bond motifs is 20. The number of nitrogens with zero attached hydrogens (tertiary/aromatic N) is 12. The Morgan fingerprint density at radius 2 is 0.455 bits per heavy atom. The van der Waals surface area contributed by atoms with Gasteiger partial charge in [0.05, 0.1) is 118 Å². The number of furan rings is 3. The van der Waals surface area contributed by atoms with Gasteiger partial charge in [-0.05, 0) is 234 Å². The fourth-order valence-electron chi connectivity index (χ4n) is 20.6. The lowest BCUT2D eigenvalue weighted by atomic mass is 9.93. The van der Waals surface area contributed by atoms with Gasteiger partial charge in [-0.2, -0.15) is 0 Å². The Morgan fingerprint density at radius 1 is 0.152 bits per heavy atom. The number of para-hydroxylation sites is 5.